The highest BCUT2D eigenvalue weighted by atomic mass is 79.9. The van der Waals surface area contributed by atoms with Crippen molar-refractivity contribution in [3.8, 4) is 0 Å². The highest BCUT2D eigenvalue weighted by Crippen LogP contribution is 2.35. The monoisotopic (exact) mass is 273 g/mol. The van der Waals surface area contributed by atoms with Crippen molar-refractivity contribution in [3.05, 3.63) is 16.6 Å². The molecule has 1 heterocycles. The van der Waals surface area contributed by atoms with E-state index in [1.165, 1.54) is 30.6 Å². The van der Waals surface area contributed by atoms with E-state index in [2.05, 4.69) is 27.8 Å². The third-order valence-electron chi connectivity index (χ3n) is 3.25. The van der Waals surface area contributed by atoms with E-state index in [4.69, 9.17) is 0 Å². The first kappa shape index (κ1) is 10.6. The molecule has 0 aromatic carbocycles. The van der Waals surface area contributed by atoms with E-state index in [-0.39, 0.29) is 0 Å². The smallest absolute Gasteiger partial charge is 0.0794 e. The number of aromatic nitrogens is 1. The molecule has 0 amide bonds. The van der Waals surface area contributed by atoms with Crippen LogP contribution in [0.1, 0.15) is 31.1 Å². The summed E-state index contributed by atoms with van der Waals surface area (Å²) in [6, 6.07) is 0. The highest BCUT2D eigenvalue weighted by molar-refractivity contribution is 9.09. The van der Waals surface area contributed by atoms with Crippen LogP contribution >= 0.6 is 27.3 Å². The molecule has 0 radical (unpaired) electrons. The standard InChI is InChI=1S/C11H16BrNS/c1-8-2-3-10(12)4-9(8)5-11-6-13-7-14-11/h6-10H,2-5H2,1H3. The first-order valence-corrected chi connectivity index (χ1v) is 7.06. The van der Waals surface area contributed by atoms with Crippen LogP contribution in [-0.4, -0.2) is 9.81 Å². The third-order valence-corrected chi connectivity index (χ3v) is 4.88. The summed E-state index contributed by atoms with van der Waals surface area (Å²) in [6.45, 7) is 2.39. The van der Waals surface area contributed by atoms with Gasteiger partial charge in [-0.25, -0.2) is 0 Å². The molecule has 0 spiro atoms. The molecule has 14 heavy (non-hydrogen) atoms. The zero-order chi connectivity index (χ0) is 9.97. The van der Waals surface area contributed by atoms with Crippen molar-refractivity contribution < 1.29 is 0 Å². The van der Waals surface area contributed by atoms with Crippen molar-refractivity contribution in [2.45, 2.75) is 37.4 Å². The Hall–Kier alpha value is 0.110. The predicted molar refractivity (Wildman–Crippen MR) is 65.0 cm³/mol. The van der Waals surface area contributed by atoms with Crippen LogP contribution in [0.4, 0.5) is 0 Å². The quantitative estimate of drug-likeness (QED) is 0.746. The van der Waals surface area contributed by atoms with E-state index in [1.54, 1.807) is 11.3 Å². The second-order valence-electron chi connectivity index (χ2n) is 4.32. The van der Waals surface area contributed by atoms with Crippen LogP contribution in [0.25, 0.3) is 0 Å². The fourth-order valence-electron chi connectivity index (χ4n) is 2.24. The van der Waals surface area contributed by atoms with Crippen molar-refractivity contribution >= 4 is 27.3 Å². The zero-order valence-electron chi connectivity index (χ0n) is 8.45. The molecule has 1 fully saturated rings. The molecule has 2 rings (SSSR count). The number of alkyl halides is 1. The Morgan fingerprint density at radius 3 is 3.14 bits per heavy atom. The van der Waals surface area contributed by atoms with Gasteiger partial charge in [0.05, 0.1) is 5.51 Å². The number of hydrogen-bond acceptors (Lipinski definition) is 2. The van der Waals surface area contributed by atoms with E-state index >= 15 is 0 Å². The van der Waals surface area contributed by atoms with Crippen LogP contribution in [0, 0.1) is 11.8 Å². The van der Waals surface area contributed by atoms with E-state index < -0.39 is 0 Å². The summed E-state index contributed by atoms with van der Waals surface area (Å²) < 4.78 is 0. The number of thiazole rings is 1. The molecule has 0 aliphatic heterocycles. The first-order valence-electron chi connectivity index (χ1n) is 5.27. The maximum Gasteiger partial charge on any atom is 0.0794 e. The Morgan fingerprint density at radius 1 is 1.57 bits per heavy atom. The molecule has 0 bridgehead atoms. The summed E-state index contributed by atoms with van der Waals surface area (Å²) in [5.74, 6) is 1.74. The minimum atomic E-state index is 0.747. The number of halogens is 1. The molecule has 3 unspecified atom stereocenters. The Morgan fingerprint density at radius 2 is 2.43 bits per heavy atom. The largest absolute Gasteiger partial charge is 0.253 e. The average Bonchev–Trinajstić information content (AvgIpc) is 2.64. The molecule has 1 aliphatic carbocycles. The molecule has 1 aromatic rings. The van der Waals surface area contributed by atoms with Crippen molar-refractivity contribution in [1.29, 1.82) is 0 Å². The topological polar surface area (TPSA) is 12.9 Å². The van der Waals surface area contributed by atoms with Gasteiger partial charge in [-0.3, -0.25) is 4.98 Å². The predicted octanol–water partition coefficient (Wildman–Crippen LogP) is 3.89. The Kier molecular flexibility index (Phi) is 3.61. The first-order chi connectivity index (χ1) is 6.75. The normalized spacial score (nSPS) is 33.1. The average molecular weight is 274 g/mol. The van der Waals surface area contributed by atoms with Crippen LogP contribution in [0.2, 0.25) is 0 Å². The lowest BCUT2D eigenvalue weighted by atomic mass is 9.78. The lowest BCUT2D eigenvalue weighted by Crippen LogP contribution is -2.24. The second kappa shape index (κ2) is 4.75. The van der Waals surface area contributed by atoms with Gasteiger partial charge in [-0.1, -0.05) is 22.9 Å². The fraction of sp³-hybridized carbons (Fsp3) is 0.727. The van der Waals surface area contributed by atoms with E-state index in [9.17, 15) is 0 Å². The summed E-state index contributed by atoms with van der Waals surface area (Å²) in [4.78, 5) is 6.33. The Bertz CT molecular complexity index is 273. The van der Waals surface area contributed by atoms with E-state index in [1.807, 2.05) is 11.7 Å². The minimum Gasteiger partial charge on any atom is -0.253 e. The van der Waals surface area contributed by atoms with E-state index in [0.717, 1.165) is 16.7 Å². The van der Waals surface area contributed by atoms with Crippen molar-refractivity contribution in [1.82, 2.24) is 4.98 Å². The molecule has 0 saturated heterocycles. The van der Waals surface area contributed by atoms with Crippen LogP contribution in [0.5, 0.6) is 0 Å². The van der Waals surface area contributed by atoms with Crippen LogP contribution < -0.4 is 0 Å². The molecular weight excluding hydrogens is 258 g/mol. The van der Waals surface area contributed by atoms with Crippen LogP contribution in [0.3, 0.4) is 0 Å². The summed E-state index contributed by atoms with van der Waals surface area (Å²) in [7, 11) is 0. The number of hydrogen-bond donors (Lipinski definition) is 0. The Labute approximate surface area is 98.1 Å². The molecule has 1 aliphatic rings. The summed E-state index contributed by atoms with van der Waals surface area (Å²) in [6.07, 6.45) is 7.31. The van der Waals surface area contributed by atoms with Crippen molar-refractivity contribution in [2.75, 3.05) is 0 Å². The van der Waals surface area contributed by atoms with Crippen molar-refractivity contribution in [2.24, 2.45) is 11.8 Å². The van der Waals surface area contributed by atoms with Gasteiger partial charge in [0.1, 0.15) is 0 Å². The third kappa shape index (κ3) is 2.57. The molecule has 0 N–H and O–H groups in total. The molecule has 1 aromatic heterocycles. The fourth-order valence-corrected chi connectivity index (χ4v) is 3.68. The molecular formula is C11H16BrNS. The number of nitrogens with zero attached hydrogens (tertiary/aromatic N) is 1. The lowest BCUT2D eigenvalue weighted by Gasteiger charge is -2.31. The maximum absolute atomic E-state index is 4.14. The van der Waals surface area contributed by atoms with Gasteiger partial charge in [-0.2, -0.15) is 0 Å². The van der Waals surface area contributed by atoms with Gasteiger partial charge >= 0.3 is 0 Å². The van der Waals surface area contributed by atoms with Crippen LogP contribution in [-0.2, 0) is 6.42 Å². The molecule has 78 valence electrons. The SMILES string of the molecule is CC1CCC(Br)CC1Cc1cncs1. The molecule has 1 saturated carbocycles. The number of rotatable bonds is 2. The highest BCUT2D eigenvalue weighted by Gasteiger charge is 2.26. The van der Waals surface area contributed by atoms with Gasteiger partial charge in [0.2, 0.25) is 0 Å². The zero-order valence-corrected chi connectivity index (χ0v) is 10.9. The second-order valence-corrected chi connectivity index (χ2v) is 6.59. The van der Waals surface area contributed by atoms with Crippen LogP contribution in [0.15, 0.2) is 11.7 Å². The van der Waals surface area contributed by atoms with Gasteiger partial charge in [0.25, 0.3) is 0 Å². The minimum absolute atomic E-state index is 0.747. The van der Waals surface area contributed by atoms with Gasteiger partial charge in [-0.15, -0.1) is 11.3 Å². The van der Waals surface area contributed by atoms with Gasteiger partial charge in [0.15, 0.2) is 0 Å². The molecule has 3 atom stereocenters. The Balaban J connectivity index is 1.95. The molecule has 1 nitrogen and oxygen atoms in total. The van der Waals surface area contributed by atoms with Crippen molar-refractivity contribution in [3.63, 3.8) is 0 Å². The van der Waals surface area contributed by atoms with Gasteiger partial charge in [-0.05, 0) is 37.5 Å². The molecule has 3 heteroatoms. The summed E-state index contributed by atoms with van der Waals surface area (Å²) in [5, 5.41) is 0. The summed E-state index contributed by atoms with van der Waals surface area (Å²) >= 11 is 5.54. The van der Waals surface area contributed by atoms with E-state index in [0.29, 0.717) is 0 Å². The summed E-state index contributed by atoms with van der Waals surface area (Å²) in [5.41, 5.74) is 1.94. The lowest BCUT2D eigenvalue weighted by molar-refractivity contribution is 0.264. The van der Waals surface area contributed by atoms with Gasteiger partial charge < -0.3 is 0 Å². The maximum atomic E-state index is 4.14. The van der Waals surface area contributed by atoms with Gasteiger partial charge in [0, 0.05) is 15.9 Å².